The molecule has 0 aliphatic rings. The van der Waals surface area contributed by atoms with Crippen molar-refractivity contribution in [2.45, 2.75) is 26.2 Å². The van der Waals surface area contributed by atoms with Crippen LogP contribution < -0.4 is 5.56 Å². The Hall–Kier alpha value is -1.49. The zero-order valence-electron chi connectivity index (χ0n) is 10.5. The quantitative estimate of drug-likeness (QED) is 0.938. The molecule has 0 aliphatic heterocycles. The van der Waals surface area contributed by atoms with Crippen molar-refractivity contribution in [2.75, 3.05) is 0 Å². The van der Waals surface area contributed by atoms with Gasteiger partial charge < -0.3 is 4.98 Å². The average Bonchev–Trinajstić information content (AvgIpc) is 2.38. The van der Waals surface area contributed by atoms with Gasteiger partial charge >= 0.3 is 0 Å². The molecule has 0 saturated heterocycles. The highest BCUT2D eigenvalue weighted by Crippen LogP contribution is 2.13. The molecular formula is C14H14BrFN2O. The number of aryl methyl sites for hydroxylation is 1. The Balaban J connectivity index is 2.30. The van der Waals surface area contributed by atoms with Crippen LogP contribution in [0.2, 0.25) is 0 Å². The summed E-state index contributed by atoms with van der Waals surface area (Å²) in [4.78, 5) is 19.0. The van der Waals surface area contributed by atoms with Gasteiger partial charge in [0, 0.05) is 6.42 Å². The first-order chi connectivity index (χ1) is 9.10. The number of hydrogen-bond acceptors (Lipinski definition) is 2. The highest BCUT2D eigenvalue weighted by Gasteiger charge is 2.08. The molecule has 0 atom stereocenters. The lowest BCUT2D eigenvalue weighted by atomic mass is 10.1. The maximum atomic E-state index is 12.8. The topological polar surface area (TPSA) is 45.8 Å². The van der Waals surface area contributed by atoms with Gasteiger partial charge in [-0.1, -0.05) is 25.5 Å². The van der Waals surface area contributed by atoms with Crippen LogP contribution in [0.1, 0.15) is 30.4 Å². The minimum Gasteiger partial charge on any atom is -0.309 e. The number of aromatic nitrogens is 2. The maximum absolute atomic E-state index is 12.8. The number of hydrogen-bond donors (Lipinski definition) is 1. The molecule has 19 heavy (non-hydrogen) atoms. The Kier molecular flexibility index (Phi) is 4.47. The molecule has 0 radical (unpaired) electrons. The lowest BCUT2D eigenvalue weighted by Crippen LogP contribution is -2.16. The molecule has 3 nitrogen and oxygen atoms in total. The number of rotatable bonds is 4. The Labute approximate surface area is 119 Å². The Bertz CT molecular complexity index is 622. The fraction of sp³-hybridized carbons (Fsp3) is 0.286. The molecule has 0 aliphatic carbocycles. The van der Waals surface area contributed by atoms with E-state index < -0.39 is 0 Å². The summed E-state index contributed by atoms with van der Waals surface area (Å²) >= 11 is 3.25. The van der Waals surface area contributed by atoms with Gasteiger partial charge in [-0.2, -0.15) is 0 Å². The molecule has 0 saturated carbocycles. The average molecular weight is 325 g/mol. The number of benzene rings is 1. The Morgan fingerprint density at radius 2 is 2.00 bits per heavy atom. The second kappa shape index (κ2) is 6.10. The molecule has 1 N–H and O–H groups in total. The third-order valence-electron chi connectivity index (χ3n) is 2.75. The van der Waals surface area contributed by atoms with Gasteiger partial charge in [-0.3, -0.25) is 4.79 Å². The van der Waals surface area contributed by atoms with Gasteiger partial charge in [0.15, 0.2) is 0 Å². The van der Waals surface area contributed by atoms with Crippen LogP contribution in [-0.4, -0.2) is 9.97 Å². The van der Waals surface area contributed by atoms with E-state index in [2.05, 4.69) is 25.9 Å². The Morgan fingerprint density at radius 1 is 1.32 bits per heavy atom. The number of H-pyrrole nitrogens is 1. The van der Waals surface area contributed by atoms with Crippen LogP contribution in [-0.2, 0) is 12.8 Å². The van der Waals surface area contributed by atoms with Crippen molar-refractivity contribution in [3.05, 3.63) is 62.0 Å². The largest absolute Gasteiger partial charge is 0.309 e. The first-order valence-corrected chi connectivity index (χ1v) is 6.91. The number of halogens is 2. The molecule has 0 unspecified atom stereocenters. The van der Waals surface area contributed by atoms with Crippen molar-refractivity contribution in [1.82, 2.24) is 9.97 Å². The maximum Gasteiger partial charge on any atom is 0.265 e. The standard InChI is InChI=1S/C14H14BrFN2O/c1-2-3-11-13(15)14(19)18-12(17-11)8-9-4-6-10(16)7-5-9/h4-7H,2-3,8H2,1H3,(H,17,18,19). The van der Waals surface area contributed by atoms with E-state index in [9.17, 15) is 9.18 Å². The lowest BCUT2D eigenvalue weighted by molar-refractivity contribution is 0.627. The number of aromatic amines is 1. The van der Waals surface area contributed by atoms with Crippen LogP contribution in [0.5, 0.6) is 0 Å². The number of nitrogens with one attached hydrogen (secondary N) is 1. The third-order valence-corrected chi connectivity index (χ3v) is 3.57. The van der Waals surface area contributed by atoms with Gasteiger partial charge in [0.25, 0.3) is 5.56 Å². The molecule has 1 heterocycles. The van der Waals surface area contributed by atoms with Crippen molar-refractivity contribution < 1.29 is 4.39 Å². The predicted molar refractivity (Wildman–Crippen MR) is 75.8 cm³/mol. The van der Waals surface area contributed by atoms with Crippen molar-refractivity contribution in [3.63, 3.8) is 0 Å². The van der Waals surface area contributed by atoms with Crippen LogP contribution >= 0.6 is 15.9 Å². The van der Waals surface area contributed by atoms with E-state index in [1.54, 1.807) is 12.1 Å². The highest BCUT2D eigenvalue weighted by atomic mass is 79.9. The van der Waals surface area contributed by atoms with Gasteiger partial charge in [-0.25, -0.2) is 9.37 Å². The summed E-state index contributed by atoms with van der Waals surface area (Å²) in [6.07, 6.45) is 2.16. The van der Waals surface area contributed by atoms with Crippen molar-refractivity contribution in [2.24, 2.45) is 0 Å². The second-order valence-electron chi connectivity index (χ2n) is 4.33. The molecule has 0 amide bonds. The molecular weight excluding hydrogens is 311 g/mol. The molecule has 0 bridgehead atoms. The van der Waals surface area contributed by atoms with E-state index in [1.165, 1.54) is 12.1 Å². The van der Waals surface area contributed by atoms with E-state index in [0.29, 0.717) is 16.7 Å². The monoisotopic (exact) mass is 324 g/mol. The fourth-order valence-electron chi connectivity index (χ4n) is 1.84. The SMILES string of the molecule is CCCc1nc(Cc2ccc(F)cc2)[nH]c(=O)c1Br. The van der Waals surface area contributed by atoms with Gasteiger partial charge in [0.2, 0.25) is 0 Å². The summed E-state index contributed by atoms with van der Waals surface area (Å²) in [5, 5.41) is 0. The zero-order valence-corrected chi connectivity index (χ0v) is 12.1. The van der Waals surface area contributed by atoms with E-state index >= 15 is 0 Å². The minimum atomic E-state index is -0.271. The van der Waals surface area contributed by atoms with E-state index in [-0.39, 0.29) is 11.4 Å². The second-order valence-corrected chi connectivity index (χ2v) is 5.12. The van der Waals surface area contributed by atoms with E-state index in [4.69, 9.17) is 0 Å². The summed E-state index contributed by atoms with van der Waals surface area (Å²) in [6.45, 7) is 2.04. The summed E-state index contributed by atoms with van der Waals surface area (Å²) in [6, 6.07) is 6.19. The molecule has 5 heteroatoms. The van der Waals surface area contributed by atoms with Crippen LogP contribution in [0.25, 0.3) is 0 Å². The smallest absolute Gasteiger partial charge is 0.265 e. The van der Waals surface area contributed by atoms with Gasteiger partial charge in [0.05, 0.1) is 5.69 Å². The summed E-state index contributed by atoms with van der Waals surface area (Å²) in [5.41, 5.74) is 1.51. The fourth-order valence-corrected chi connectivity index (χ4v) is 2.22. The Morgan fingerprint density at radius 3 is 2.63 bits per heavy atom. The van der Waals surface area contributed by atoms with Crippen molar-refractivity contribution in [1.29, 1.82) is 0 Å². The first-order valence-electron chi connectivity index (χ1n) is 6.12. The molecule has 100 valence electrons. The van der Waals surface area contributed by atoms with Crippen LogP contribution in [0.4, 0.5) is 4.39 Å². The summed E-state index contributed by atoms with van der Waals surface area (Å²) in [5.74, 6) is 0.330. The van der Waals surface area contributed by atoms with E-state index in [0.717, 1.165) is 24.1 Å². The third kappa shape index (κ3) is 3.50. The van der Waals surface area contributed by atoms with Gasteiger partial charge in [-0.15, -0.1) is 0 Å². The first kappa shape index (κ1) is 13.9. The van der Waals surface area contributed by atoms with Crippen LogP contribution in [0, 0.1) is 5.82 Å². The van der Waals surface area contributed by atoms with Crippen LogP contribution in [0.15, 0.2) is 33.5 Å². The predicted octanol–water partition coefficient (Wildman–Crippen LogP) is 3.21. The van der Waals surface area contributed by atoms with Crippen molar-refractivity contribution >= 4 is 15.9 Å². The zero-order chi connectivity index (χ0) is 13.8. The number of nitrogens with zero attached hydrogens (tertiary/aromatic N) is 1. The molecule has 0 spiro atoms. The highest BCUT2D eigenvalue weighted by molar-refractivity contribution is 9.10. The molecule has 0 fully saturated rings. The van der Waals surface area contributed by atoms with E-state index in [1.807, 2.05) is 6.92 Å². The van der Waals surface area contributed by atoms with Crippen molar-refractivity contribution in [3.8, 4) is 0 Å². The molecule has 2 rings (SSSR count). The molecule has 1 aromatic heterocycles. The summed E-state index contributed by atoms with van der Waals surface area (Å²) in [7, 11) is 0. The van der Waals surface area contributed by atoms with Gasteiger partial charge in [-0.05, 0) is 40.0 Å². The van der Waals surface area contributed by atoms with Gasteiger partial charge in [0.1, 0.15) is 16.1 Å². The van der Waals surface area contributed by atoms with Crippen LogP contribution in [0.3, 0.4) is 0 Å². The summed E-state index contributed by atoms with van der Waals surface area (Å²) < 4.78 is 13.3. The normalized spacial score (nSPS) is 10.7. The minimum absolute atomic E-state index is 0.171. The lowest BCUT2D eigenvalue weighted by Gasteiger charge is -2.06. The molecule has 1 aromatic carbocycles. The molecule has 2 aromatic rings.